The monoisotopic (exact) mass is 267 g/mol. The molecule has 100 valence electrons. The van der Waals surface area contributed by atoms with Crippen molar-refractivity contribution in [1.82, 2.24) is 0 Å². The highest BCUT2D eigenvalue weighted by Gasteiger charge is 2.48. The molecule has 0 bridgehead atoms. The minimum atomic E-state index is -0.00387. The molecule has 2 unspecified atom stereocenters. The second-order valence-electron chi connectivity index (χ2n) is 5.66. The highest BCUT2D eigenvalue weighted by molar-refractivity contribution is 5.85. The topological polar surface area (TPSA) is 35.2 Å². The highest BCUT2D eigenvalue weighted by Crippen LogP contribution is 2.47. The zero-order chi connectivity index (χ0) is 11.9. The van der Waals surface area contributed by atoms with Crippen molar-refractivity contribution in [3.05, 3.63) is 29.8 Å². The molecule has 1 aliphatic carbocycles. The van der Waals surface area contributed by atoms with Crippen LogP contribution in [0, 0.1) is 5.92 Å². The Kier molecular flexibility index (Phi) is 3.88. The highest BCUT2D eigenvalue weighted by atomic mass is 35.5. The Morgan fingerprint density at radius 1 is 1.33 bits per heavy atom. The van der Waals surface area contributed by atoms with Gasteiger partial charge in [0, 0.05) is 18.4 Å². The molecule has 1 aliphatic heterocycles. The fraction of sp³-hybridized carbons (Fsp3) is 0.600. The molecule has 1 aromatic carbocycles. The third kappa shape index (κ3) is 2.12. The van der Waals surface area contributed by atoms with E-state index >= 15 is 0 Å². The molecule has 1 spiro atoms. The lowest BCUT2D eigenvalue weighted by Gasteiger charge is -2.42. The molecule has 3 atom stereocenters. The van der Waals surface area contributed by atoms with E-state index < -0.39 is 0 Å². The number of para-hydroxylation sites is 1. The van der Waals surface area contributed by atoms with Crippen LogP contribution >= 0.6 is 12.4 Å². The summed E-state index contributed by atoms with van der Waals surface area (Å²) in [5, 5.41) is 0. The van der Waals surface area contributed by atoms with Gasteiger partial charge in [0.25, 0.3) is 0 Å². The maximum Gasteiger partial charge on any atom is 0.123 e. The first-order valence-electron chi connectivity index (χ1n) is 6.74. The fourth-order valence-electron chi connectivity index (χ4n) is 3.65. The summed E-state index contributed by atoms with van der Waals surface area (Å²) in [4.78, 5) is 0. The Morgan fingerprint density at radius 2 is 2.11 bits per heavy atom. The maximum atomic E-state index is 6.33. The molecule has 0 radical (unpaired) electrons. The number of fused-ring (bicyclic) bond motifs is 1. The molecule has 0 saturated heterocycles. The number of benzene rings is 1. The molecule has 1 saturated carbocycles. The van der Waals surface area contributed by atoms with E-state index in [-0.39, 0.29) is 24.0 Å². The van der Waals surface area contributed by atoms with Gasteiger partial charge in [-0.25, -0.2) is 0 Å². The quantitative estimate of drug-likeness (QED) is 0.847. The first-order valence-corrected chi connectivity index (χ1v) is 6.74. The number of hydrogen-bond acceptors (Lipinski definition) is 2. The van der Waals surface area contributed by atoms with Crippen molar-refractivity contribution < 1.29 is 4.74 Å². The van der Waals surface area contributed by atoms with E-state index in [2.05, 4.69) is 31.2 Å². The first-order chi connectivity index (χ1) is 8.21. The van der Waals surface area contributed by atoms with E-state index in [4.69, 9.17) is 10.5 Å². The van der Waals surface area contributed by atoms with Crippen LogP contribution in [0.2, 0.25) is 0 Å². The van der Waals surface area contributed by atoms with Crippen LogP contribution in [0.4, 0.5) is 0 Å². The third-order valence-electron chi connectivity index (χ3n) is 4.45. The van der Waals surface area contributed by atoms with E-state index in [1.165, 1.54) is 24.8 Å². The van der Waals surface area contributed by atoms with Crippen molar-refractivity contribution >= 4 is 12.4 Å². The van der Waals surface area contributed by atoms with Crippen LogP contribution < -0.4 is 10.5 Å². The predicted octanol–water partition coefficient (Wildman–Crippen LogP) is 3.32. The fourth-order valence-corrected chi connectivity index (χ4v) is 3.65. The molecule has 0 aromatic heterocycles. The minimum Gasteiger partial charge on any atom is -0.486 e. The molecule has 3 rings (SSSR count). The molecule has 0 amide bonds. The van der Waals surface area contributed by atoms with Gasteiger partial charge < -0.3 is 10.5 Å². The summed E-state index contributed by atoms with van der Waals surface area (Å²) in [6.07, 6.45) is 6.00. The smallest absolute Gasteiger partial charge is 0.123 e. The molecule has 2 aliphatic rings. The van der Waals surface area contributed by atoms with Gasteiger partial charge in [-0.15, -0.1) is 12.4 Å². The van der Waals surface area contributed by atoms with Crippen LogP contribution in [0.1, 0.15) is 38.2 Å². The van der Waals surface area contributed by atoms with Gasteiger partial charge in [-0.2, -0.15) is 0 Å². The molecule has 18 heavy (non-hydrogen) atoms. The van der Waals surface area contributed by atoms with Crippen LogP contribution in [0.25, 0.3) is 0 Å². The Labute approximate surface area is 115 Å². The Bertz CT molecular complexity index is 394. The average Bonchev–Trinajstić information content (AvgIpc) is 2.67. The van der Waals surface area contributed by atoms with Crippen LogP contribution in [-0.4, -0.2) is 11.6 Å². The molecule has 2 N–H and O–H groups in total. The van der Waals surface area contributed by atoms with E-state index in [9.17, 15) is 0 Å². The Balaban J connectivity index is 0.00000120. The largest absolute Gasteiger partial charge is 0.486 e. The lowest BCUT2D eigenvalue weighted by atomic mass is 9.70. The normalized spacial score (nSPS) is 31.3. The van der Waals surface area contributed by atoms with Crippen LogP contribution in [0.15, 0.2) is 24.3 Å². The zero-order valence-electron chi connectivity index (χ0n) is 10.9. The predicted molar refractivity (Wildman–Crippen MR) is 76.4 cm³/mol. The average molecular weight is 268 g/mol. The van der Waals surface area contributed by atoms with Crippen molar-refractivity contribution in [1.29, 1.82) is 0 Å². The van der Waals surface area contributed by atoms with E-state index in [0.29, 0.717) is 5.92 Å². The number of halogens is 1. The second-order valence-corrected chi connectivity index (χ2v) is 5.66. The van der Waals surface area contributed by atoms with E-state index in [1.54, 1.807) is 0 Å². The van der Waals surface area contributed by atoms with Gasteiger partial charge in [-0.3, -0.25) is 0 Å². The van der Waals surface area contributed by atoms with Crippen molar-refractivity contribution in [2.24, 2.45) is 11.7 Å². The molecular formula is C15H22ClNO. The van der Waals surface area contributed by atoms with E-state index in [1.807, 2.05) is 0 Å². The zero-order valence-corrected chi connectivity index (χ0v) is 11.7. The van der Waals surface area contributed by atoms with Gasteiger partial charge in [0.05, 0.1) is 0 Å². The van der Waals surface area contributed by atoms with Crippen molar-refractivity contribution in [2.75, 3.05) is 0 Å². The lowest BCUT2D eigenvalue weighted by Crippen LogP contribution is -2.51. The summed E-state index contributed by atoms with van der Waals surface area (Å²) in [6, 6.07) is 8.67. The summed E-state index contributed by atoms with van der Waals surface area (Å²) in [6.45, 7) is 2.13. The number of ether oxygens (including phenoxy) is 1. The molecule has 1 heterocycles. The van der Waals surface area contributed by atoms with Gasteiger partial charge in [0.2, 0.25) is 0 Å². The van der Waals surface area contributed by atoms with Crippen molar-refractivity contribution in [2.45, 2.75) is 50.7 Å². The summed E-state index contributed by atoms with van der Waals surface area (Å²) >= 11 is 0. The number of hydrogen-bond donors (Lipinski definition) is 1. The first kappa shape index (κ1) is 13.7. The molecule has 1 aromatic rings. The maximum absolute atomic E-state index is 6.33. The molecule has 2 nitrogen and oxygen atoms in total. The number of rotatable bonds is 1. The Morgan fingerprint density at radius 3 is 2.83 bits per heavy atom. The molecular weight excluding hydrogens is 246 g/mol. The SMILES string of the molecule is CC(N)C1CCCC[C@@]12Cc1ccccc1O2.Cl. The van der Waals surface area contributed by atoms with Crippen LogP contribution in [0.5, 0.6) is 5.75 Å². The van der Waals surface area contributed by atoms with E-state index in [0.717, 1.165) is 18.6 Å². The van der Waals surface area contributed by atoms with Crippen LogP contribution in [-0.2, 0) is 6.42 Å². The van der Waals surface area contributed by atoms with Crippen LogP contribution in [0.3, 0.4) is 0 Å². The van der Waals surface area contributed by atoms with Gasteiger partial charge in [0.15, 0.2) is 0 Å². The summed E-state index contributed by atoms with van der Waals surface area (Å²) in [5.41, 5.74) is 7.53. The molecule has 1 fully saturated rings. The van der Waals surface area contributed by atoms with Crippen molar-refractivity contribution in [3.8, 4) is 5.75 Å². The van der Waals surface area contributed by atoms with Crippen molar-refractivity contribution in [3.63, 3.8) is 0 Å². The Hall–Kier alpha value is -0.730. The van der Waals surface area contributed by atoms with Gasteiger partial charge in [-0.05, 0) is 37.8 Å². The summed E-state index contributed by atoms with van der Waals surface area (Å²) in [5.74, 6) is 1.59. The molecule has 3 heteroatoms. The summed E-state index contributed by atoms with van der Waals surface area (Å²) in [7, 11) is 0. The van der Waals surface area contributed by atoms with Gasteiger partial charge >= 0.3 is 0 Å². The second kappa shape index (κ2) is 5.10. The lowest BCUT2D eigenvalue weighted by molar-refractivity contribution is -0.0139. The minimum absolute atomic E-state index is 0. The summed E-state index contributed by atoms with van der Waals surface area (Å²) < 4.78 is 6.33. The van der Waals surface area contributed by atoms with Gasteiger partial charge in [0.1, 0.15) is 11.4 Å². The number of nitrogens with two attached hydrogens (primary N) is 1. The van der Waals surface area contributed by atoms with Gasteiger partial charge in [-0.1, -0.05) is 24.6 Å². The third-order valence-corrected chi connectivity index (χ3v) is 4.45. The standard InChI is InChI=1S/C15H21NO.ClH/c1-11(16)13-7-4-5-9-15(13)10-12-6-2-3-8-14(12)17-15;/h2-3,6,8,11,13H,4-5,7,9-10,16H2,1H3;1H/t11?,13?,15-;/m1./s1.